The first-order chi connectivity index (χ1) is 11.6. The number of ether oxygens (including phenoxy) is 2. The number of hydrogen-bond donors (Lipinski definition) is 1. The fraction of sp³-hybridized carbons (Fsp3) is 0.235. The molecule has 0 fully saturated rings. The third-order valence-corrected chi connectivity index (χ3v) is 4.06. The number of thiophene rings is 1. The molecule has 24 heavy (non-hydrogen) atoms. The molecule has 6 nitrogen and oxygen atoms in total. The number of rotatable bonds is 7. The lowest BCUT2D eigenvalue weighted by molar-refractivity contribution is -0.147. The average molecular weight is 347 g/mol. The Bertz CT molecular complexity index is 712. The number of amides is 1. The summed E-state index contributed by atoms with van der Waals surface area (Å²) < 4.78 is 9.59. The van der Waals surface area contributed by atoms with Crippen molar-refractivity contribution in [2.45, 2.75) is 12.8 Å². The van der Waals surface area contributed by atoms with Gasteiger partial charge in [-0.25, -0.2) is 4.79 Å². The number of aryl methyl sites for hydroxylation is 1. The first kappa shape index (κ1) is 17.7. The van der Waals surface area contributed by atoms with Crippen molar-refractivity contribution in [3.8, 4) is 0 Å². The highest BCUT2D eigenvalue weighted by Crippen LogP contribution is 2.16. The van der Waals surface area contributed by atoms with Crippen LogP contribution in [-0.4, -0.2) is 31.6 Å². The zero-order chi connectivity index (χ0) is 17.4. The average Bonchev–Trinajstić information content (AvgIpc) is 3.11. The lowest BCUT2D eigenvalue weighted by Gasteiger charge is -2.10. The van der Waals surface area contributed by atoms with E-state index in [2.05, 4.69) is 10.1 Å². The minimum Gasteiger partial charge on any atom is -0.465 e. The molecule has 2 aromatic rings. The molecule has 0 aliphatic rings. The summed E-state index contributed by atoms with van der Waals surface area (Å²) in [6, 6.07) is 10.3. The van der Waals surface area contributed by atoms with E-state index in [1.807, 2.05) is 17.5 Å². The van der Waals surface area contributed by atoms with E-state index in [9.17, 15) is 14.4 Å². The second kappa shape index (κ2) is 8.83. The summed E-state index contributed by atoms with van der Waals surface area (Å²) in [6.07, 6.45) is 0.801. The van der Waals surface area contributed by atoms with Crippen molar-refractivity contribution in [3.63, 3.8) is 0 Å². The molecule has 0 radical (unpaired) electrons. The molecule has 1 N–H and O–H groups in total. The van der Waals surface area contributed by atoms with Crippen LogP contribution in [0, 0.1) is 0 Å². The molecule has 0 aliphatic carbocycles. The highest BCUT2D eigenvalue weighted by atomic mass is 32.1. The number of anilines is 1. The molecule has 0 spiro atoms. The maximum Gasteiger partial charge on any atom is 0.339 e. The van der Waals surface area contributed by atoms with E-state index >= 15 is 0 Å². The number of para-hydroxylation sites is 1. The summed E-state index contributed by atoms with van der Waals surface area (Å²) in [5, 5.41) is 4.47. The molecule has 126 valence electrons. The third-order valence-electron chi connectivity index (χ3n) is 3.13. The Labute approximate surface area is 143 Å². The van der Waals surface area contributed by atoms with E-state index in [0.29, 0.717) is 12.1 Å². The van der Waals surface area contributed by atoms with Crippen LogP contribution >= 0.6 is 11.3 Å². The lowest BCUT2D eigenvalue weighted by Crippen LogP contribution is -2.22. The maximum absolute atomic E-state index is 11.9. The van der Waals surface area contributed by atoms with Crippen LogP contribution in [0.4, 0.5) is 5.69 Å². The molecule has 1 heterocycles. The van der Waals surface area contributed by atoms with Crippen molar-refractivity contribution >= 4 is 34.9 Å². The predicted octanol–water partition coefficient (Wildman–Crippen LogP) is 2.65. The monoisotopic (exact) mass is 347 g/mol. The number of hydrogen-bond acceptors (Lipinski definition) is 6. The van der Waals surface area contributed by atoms with Crippen molar-refractivity contribution in [1.29, 1.82) is 0 Å². The first-order valence-electron chi connectivity index (χ1n) is 7.25. The van der Waals surface area contributed by atoms with Gasteiger partial charge in [-0.3, -0.25) is 9.59 Å². The normalized spacial score (nSPS) is 10.0. The molecule has 0 atom stereocenters. The Kier molecular flexibility index (Phi) is 6.51. The van der Waals surface area contributed by atoms with Crippen LogP contribution in [-0.2, 0) is 25.5 Å². The fourth-order valence-electron chi connectivity index (χ4n) is 1.96. The van der Waals surface area contributed by atoms with E-state index in [0.717, 1.165) is 4.88 Å². The van der Waals surface area contributed by atoms with Gasteiger partial charge in [0.1, 0.15) is 0 Å². The van der Waals surface area contributed by atoms with Gasteiger partial charge in [0.25, 0.3) is 5.91 Å². The second-order valence-electron chi connectivity index (χ2n) is 4.83. The minimum atomic E-state index is -0.557. The summed E-state index contributed by atoms with van der Waals surface area (Å²) in [5.74, 6) is -1.52. The molecule has 0 unspecified atom stereocenters. The molecular formula is C17H17NO5S. The highest BCUT2D eigenvalue weighted by molar-refractivity contribution is 7.09. The van der Waals surface area contributed by atoms with Crippen molar-refractivity contribution in [3.05, 3.63) is 52.2 Å². The Balaban J connectivity index is 1.81. The lowest BCUT2D eigenvalue weighted by atomic mass is 10.2. The molecule has 7 heteroatoms. The van der Waals surface area contributed by atoms with Crippen molar-refractivity contribution in [1.82, 2.24) is 0 Å². The topological polar surface area (TPSA) is 81.7 Å². The zero-order valence-electron chi connectivity index (χ0n) is 13.1. The van der Waals surface area contributed by atoms with Gasteiger partial charge in [0, 0.05) is 4.88 Å². The van der Waals surface area contributed by atoms with Gasteiger partial charge in [0.15, 0.2) is 6.61 Å². The number of esters is 2. The van der Waals surface area contributed by atoms with E-state index in [4.69, 9.17) is 4.74 Å². The van der Waals surface area contributed by atoms with E-state index < -0.39 is 24.5 Å². The van der Waals surface area contributed by atoms with Crippen molar-refractivity contribution in [2.75, 3.05) is 19.0 Å². The van der Waals surface area contributed by atoms with Gasteiger partial charge < -0.3 is 14.8 Å². The SMILES string of the molecule is COC(=O)c1ccccc1NC(=O)COC(=O)CCc1cccs1. The van der Waals surface area contributed by atoms with E-state index in [1.165, 1.54) is 13.2 Å². The van der Waals surface area contributed by atoms with Crippen LogP contribution in [0.25, 0.3) is 0 Å². The molecule has 2 rings (SSSR count). The molecule has 1 aromatic heterocycles. The first-order valence-corrected chi connectivity index (χ1v) is 8.13. The Hall–Kier alpha value is -2.67. The van der Waals surface area contributed by atoms with Crippen LogP contribution < -0.4 is 5.32 Å². The van der Waals surface area contributed by atoms with E-state index in [-0.39, 0.29) is 12.0 Å². The van der Waals surface area contributed by atoms with Crippen LogP contribution in [0.3, 0.4) is 0 Å². The standard InChI is InChI=1S/C17H17NO5S/c1-22-17(21)13-6-2-3-7-14(13)18-15(19)11-23-16(20)9-8-12-5-4-10-24-12/h2-7,10H,8-9,11H2,1H3,(H,18,19). The van der Waals surface area contributed by atoms with Crippen molar-refractivity contribution in [2.24, 2.45) is 0 Å². The zero-order valence-corrected chi connectivity index (χ0v) is 13.9. The van der Waals surface area contributed by atoms with Gasteiger partial charge in [-0.15, -0.1) is 11.3 Å². The summed E-state index contributed by atoms with van der Waals surface area (Å²) in [4.78, 5) is 36.2. The molecule has 0 aliphatic heterocycles. The molecular weight excluding hydrogens is 330 g/mol. The van der Waals surface area contributed by atoms with Gasteiger partial charge in [-0.2, -0.15) is 0 Å². The Morgan fingerprint density at radius 1 is 1.12 bits per heavy atom. The molecule has 1 aromatic carbocycles. The number of carbonyl (C=O) groups is 3. The quantitative estimate of drug-likeness (QED) is 0.779. The smallest absolute Gasteiger partial charge is 0.339 e. The Morgan fingerprint density at radius 2 is 1.92 bits per heavy atom. The van der Waals surface area contributed by atoms with Crippen LogP contribution in [0.15, 0.2) is 41.8 Å². The van der Waals surface area contributed by atoms with Gasteiger partial charge in [-0.1, -0.05) is 18.2 Å². The number of carbonyl (C=O) groups excluding carboxylic acids is 3. The molecule has 1 amide bonds. The fourth-order valence-corrected chi connectivity index (χ4v) is 2.67. The second-order valence-corrected chi connectivity index (χ2v) is 5.86. The van der Waals surface area contributed by atoms with Crippen LogP contribution in [0.2, 0.25) is 0 Å². The highest BCUT2D eigenvalue weighted by Gasteiger charge is 2.14. The van der Waals surface area contributed by atoms with Gasteiger partial charge in [-0.05, 0) is 30.0 Å². The number of benzene rings is 1. The molecule has 0 saturated heterocycles. The molecule has 0 bridgehead atoms. The van der Waals surface area contributed by atoms with Gasteiger partial charge >= 0.3 is 11.9 Å². The largest absolute Gasteiger partial charge is 0.465 e. The van der Waals surface area contributed by atoms with Crippen LogP contribution in [0.5, 0.6) is 0 Å². The summed E-state index contributed by atoms with van der Waals surface area (Å²) in [6.45, 7) is -0.404. The van der Waals surface area contributed by atoms with Gasteiger partial charge in [0.2, 0.25) is 0 Å². The summed E-state index contributed by atoms with van der Waals surface area (Å²) in [5.41, 5.74) is 0.543. The number of methoxy groups -OCH3 is 1. The Morgan fingerprint density at radius 3 is 2.62 bits per heavy atom. The minimum absolute atomic E-state index is 0.215. The summed E-state index contributed by atoms with van der Waals surface area (Å²) in [7, 11) is 1.26. The van der Waals surface area contributed by atoms with Gasteiger partial charge in [0.05, 0.1) is 24.8 Å². The number of nitrogens with one attached hydrogen (secondary N) is 1. The van der Waals surface area contributed by atoms with E-state index in [1.54, 1.807) is 29.5 Å². The third kappa shape index (κ3) is 5.20. The predicted molar refractivity (Wildman–Crippen MR) is 90.0 cm³/mol. The maximum atomic E-state index is 11.9. The van der Waals surface area contributed by atoms with Crippen LogP contribution in [0.1, 0.15) is 21.7 Å². The van der Waals surface area contributed by atoms with Crippen molar-refractivity contribution < 1.29 is 23.9 Å². The summed E-state index contributed by atoms with van der Waals surface area (Å²) >= 11 is 1.57. The molecule has 0 saturated carbocycles.